The van der Waals surface area contributed by atoms with Gasteiger partial charge in [-0.05, 0) is 32.0 Å². The van der Waals surface area contributed by atoms with Crippen molar-refractivity contribution in [1.82, 2.24) is 4.90 Å². The maximum atomic E-state index is 13.4. The molecule has 1 heterocycles. The molecule has 1 fully saturated rings. The largest absolute Gasteiger partial charge is 0.496 e. The number of halogens is 1. The molecule has 0 aromatic heterocycles. The maximum absolute atomic E-state index is 13.4. The van der Waals surface area contributed by atoms with Crippen LogP contribution >= 0.6 is 0 Å². The van der Waals surface area contributed by atoms with E-state index in [-0.39, 0.29) is 22.0 Å². The van der Waals surface area contributed by atoms with Gasteiger partial charge in [0.2, 0.25) is 0 Å². The smallest absolute Gasteiger partial charge is 0.257 e. The number of rotatable bonds is 2. The normalized spacial score (nSPS) is 26.4. The number of hydrogen-bond donors (Lipinski definition) is 0. The Kier molecular flexibility index (Phi) is 4.42. The Morgan fingerprint density at radius 1 is 1.35 bits per heavy atom. The van der Waals surface area contributed by atoms with Gasteiger partial charge in [-0.1, -0.05) is 0 Å². The Labute approximate surface area is 120 Å². The van der Waals surface area contributed by atoms with E-state index in [1.165, 1.54) is 25.3 Å². The predicted octanol–water partition coefficient (Wildman–Crippen LogP) is 1.82. The minimum absolute atomic E-state index is 0.0812. The van der Waals surface area contributed by atoms with Gasteiger partial charge >= 0.3 is 0 Å². The zero-order chi connectivity index (χ0) is 14.9. The minimum Gasteiger partial charge on any atom is -0.496 e. The second kappa shape index (κ2) is 5.91. The molecule has 4 nitrogen and oxygen atoms in total. The summed E-state index contributed by atoms with van der Waals surface area (Å²) in [5.41, 5.74) is 0.208. The van der Waals surface area contributed by atoms with Gasteiger partial charge in [0.1, 0.15) is 11.6 Å². The monoisotopic (exact) mass is 299 g/mol. The van der Waals surface area contributed by atoms with Gasteiger partial charge in [-0.15, -0.1) is 0 Å². The second-order valence-electron chi connectivity index (χ2n) is 5.00. The first-order valence-electron chi connectivity index (χ1n) is 6.46. The SMILES string of the molecule is COc1ccc(F)cc1C(=O)N1C[C@@H](C)S(=O)[C@@H](C)C1. The van der Waals surface area contributed by atoms with Crippen LogP contribution in [0.3, 0.4) is 0 Å². The van der Waals surface area contributed by atoms with Gasteiger partial charge in [0, 0.05) is 34.4 Å². The third-order valence-electron chi connectivity index (χ3n) is 3.43. The molecular weight excluding hydrogens is 281 g/mol. The fourth-order valence-electron chi connectivity index (χ4n) is 2.42. The van der Waals surface area contributed by atoms with E-state index < -0.39 is 16.6 Å². The molecule has 1 unspecified atom stereocenters. The molecule has 110 valence electrons. The van der Waals surface area contributed by atoms with Gasteiger partial charge in [-0.25, -0.2) is 4.39 Å². The molecule has 6 heteroatoms. The number of hydrogen-bond acceptors (Lipinski definition) is 3. The maximum Gasteiger partial charge on any atom is 0.257 e. The lowest BCUT2D eigenvalue weighted by Crippen LogP contribution is -2.49. The van der Waals surface area contributed by atoms with Crippen LogP contribution in [0.4, 0.5) is 4.39 Å². The molecule has 0 saturated carbocycles. The van der Waals surface area contributed by atoms with E-state index in [1.54, 1.807) is 4.90 Å². The van der Waals surface area contributed by atoms with Crippen LogP contribution in [-0.2, 0) is 10.8 Å². The average molecular weight is 299 g/mol. The van der Waals surface area contributed by atoms with E-state index in [2.05, 4.69) is 0 Å². The van der Waals surface area contributed by atoms with Gasteiger partial charge in [-0.3, -0.25) is 9.00 Å². The molecule has 1 aliphatic rings. The number of amides is 1. The summed E-state index contributed by atoms with van der Waals surface area (Å²) in [6.07, 6.45) is 0. The van der Waals surface area contributed by atoms with Crippen molar-refractivity contribution in [3.8, 4) is 5.75 Å². The zero-order valence-electron chi connectivity index (χ0n) is 11.8. The number of carbonyl (C=O) groups is 1. The van der Waals surface area contributed by atoms with E-state index in [0.29, 0.717) is 18.8 Å². The van der Waals surface area contributed by atoms with Crippen LogP contribution in [0.25, 0.3) is 0 Å². The van der Waals surface area contributed by atoms with Gasteiger partial charge in [0.25, 0.3) is 5.91 Å². The molecule has 0 spiro atoms. The summed E-state index contributed by atoms with van der Waals surface area (Å²) in [6.45, 7) is 4.54. The lowest BCUT2D eigenvalue weighted by atomic mass is 10.1. The summed E-state index contributed by atoms with van der Waals surface area (Å²) >= 11 is 0. The van der Waals surface area contributed by atoms with E-state index in [1.807, 2.05) is 13.8 Å². The van der Waals surface area contributed by atoms with E-state index in [9.17, 15) is 13.4 Å². The molecule has 3 atom stereocenters. The lowest BCUT2D eigenvalue weighted by Gasteiger charge is -2.34. The van der Waals surface area contributed by atoms with Crippen LogP contribution in [0.5, 0.6) is 5.75 Å². The Morgan fingerprint density at radius 2 is 1.95 bits per heavy atom. The van der Waals surface area contributed by atoms with E-state index in [4.69, 9.17) is 4.74 Å². The highest BCUT2D eigenvalue weighted by molar-refractivity contribution is 7.86. The molecule has 2 rings (SSSR count). The third kappa shape index (κ3) is 2.85. The van der Waals surface area contributed by atoms with Gasteiger partial charge in [-0.2, -0.15) is 0 Å². The van der Waals surface area contributed by atoms with E-state index in [0.717, 1.165) is 0 Å². The third-order valence-corrected chi connectivity index (χ3v) is 5.31. The molecule has 0 bridgehead atoms. The molecule has 1 aromatic carbocycles. The fourth-order valence-corrected chi connectivity index (χ4v) is 3.87. The van der Waals surface area contributed by atoms with Crippen molar-refractivity contribution in [2.24, 2.45) is 0 Å². The Balaban J connectivity index is 2.28. The summed E-state index contributed by atoms with van der Waals surface area (Å²) in [5, 5.41) is -0.162. The number of carbonyl (C=O) groups excluding carboxylic acids is 1. The van der Waals surface area contributed by atoms with E-state index >= 15 is 0 Å². The molecule has 20 heavy (non-hydrogen) atoms. The van der Waals surface area contributed by atoms with Crippen LogP contribution < -0.4 is 4.74 Å². The van der Waals surface area contributed by atoms with Crippen LogP contribution in [0.2, 0.25) is 0 Å². The molecule has 0 radical (unpaired) electrons. The van der Waals surface area contributed by atoms with Crippen LogP contribution in [-0.4, -0.2) is 45.7 Å². The summed E-state index contributed by atoms with van der Waals surface area (Å²) in [6, 6.07) is 3.88. The topological polar surface area (TPSA) is 46.6 Å². The van der Waals surface area contributed by atoms with Crippen molar-refractivity contribution in [2.45, 2.75) is 24.3 Å². The van der Waals surface area contributed by atoms with Gasteiger partial charge in [0.05, 0.1) is 12.7 Å². The van der Waals surface area contributed by atoms with Crippen molar-refractivity contribution >= 4 is 16.7 Å². The summed E-state index contributed by atoms with van der Waals surface area (Å²) in [5.74, 6) is -0.406. The molecule has 0 aliphatic carbocycles. The highest BCUT2D eigenvalue weighted by atomic mass is 32.2. The highest BCUT2D eigenvalue weighted by Gasteiger charge is 2.32. The minimum atomic E-state index is -0.934. The Hall–Kier alpha value is -1.43. The highest BCUT2D eigenvalue weighted by Crippen LogP contribution is 2.24. The van der Waals surface area contributed by atoms with Crippen molar-refractivity contribution < 1.29 is 18.1 Å². The molecule has 1 saturated heterocycles. The second-order valence-corrected chi connectivity index (χ2v) is 7.27. The summed E-state index contributed by atoms with van der Waals surface area (Å²) in [4.78, 5) is 14.1. The van der Waals surface area contributed by atoms with Crippen molar-refractivity contribution in [1.29, 1.82) is 0 Å². The Morgan fingerprint density at radius 3 is 2.50 bits per heavy atom. The van der Waals surface area contributed by atoms with Gasteiger partial charge in [0.15, 0.2) is 0 Å². The Bertz CT molecular complexity index is 535. The average Bonchev–Trinajstić information content (AvgIpc) is 2.43. The molecule has 1 amide bonds. The zero-order valence-corrected chi connectivity index (χ0v) is 12.6. The fraction of sp³-hybridized carbons (Fsp3) is 0.500. The standard InChI is InChI=1S/C14H18FNO3S/c1-9-7-16(8-10(2)20(9)18)14(17)12-6-11(15)4-5-13(12)19-3/h4-6,9-10H,7-8H2,1-3H3/t9-,10+,20?. The van der Waals surface area contributed by atoms with Gasteiger partial charge < -0.3 is 9.64 Å². The van der Waals surface area contributed by atoms with Crippen molar-refractivity contribution in [2.75, 3.05) is 20.2 Å². The number of benzene rings is 1. The van der Waals surface area contributed by atoms with Crippen LogP contribution in [0, 0.1) is 5.82 Å². The first kappa shape index (κ1) is 15.0. The molecule has 1 aliphatic heterocycles. The molecule has 1 aromatic rings. The first-order valence-corrected chi connectivity index (χ1v) is 7.73. The van der Waals surface area contributed by atoms with Crippen molar-refractivity contribution in [3.05, 3.63) is 29.6 Å². The number of methoxy groups -OCH3 is 1. The van der Waals surface area contributed by atoms with Crippen molar-refractivity contribution in [3.63, 3.8) is 0 Å². The van der Waals surface area contributed by atoms with Crippen LogP contribution in [0.1, 0.15) is 24.2 Å². The summed E-state index contributed by atoms with van der Waals surface area (Å²) < 4.78 is 30.4. The molecular formula is C14H18FNO3S. The number of nitrogens with zero attached hydrogens (tertiary/aromatic N) is 1. The quantitative estimate of drug-likeness (QED) is 0.837. The molecule has 0 N–H and O–H groups in total. The predicted molar refractivity (Wildman–Crippen MR) is 75.9 cm³/mol. The first-order chi connectivity index (χ1) is 9.43. The summed E-state index contributed by atoms with van der Waals surface area (Å²) in [7, 11) is 0.511. The number of ether oxygens (including phenoxy) is 1. The lowest BCUT2D eigenvalue weighted by molar-refractivity contribution is 0.0747. The van der Waals surface area contributed by atoms with Crippen LogP contribution in [0.15, 0.2) is 18.2 Å².